The van der Waals surface area contributed by atoms with E-state index < -0.39 is 4.75 Å². The third-order valence-electron chi connectivity index (χ3n) is 2.73. The van der Waals surface area contributed by atoms with Gasteiger partial charge < -0.3 is 10.6 Å². The number of hydrogen-bond acceptors (Lipinski definition) is 3. The molecule has 5 heteroatoms. The number of para-hydroxylation sites is 1. The monoisotopic (exact) mass is 220 g/mol. The quantitative estimate of drug-likeness (QED) is 0.692. The van der Waals surface area contributed by atoms with Crippen molar-refractivity contribution in [1.82, 2.24) is 5.32 Å². The maximum absolute atomic E-state index is 11.9. The van der Waals surface area contributed by atoms with E-state index in [1.807, 2.05) is 24.3 Å². The van der Waals surface area contributed by atoms with Crippen LogP contribution in [0.4, 0.5) is 10.5 Å². The molecule has 0 bridgehead atoms. The molecule has 2 aliphatic rings. The smallest absolute Gasteiger partial charge is 0.280 e. The second-order valence-corrected chi connectivity index (χ2v) is 4.84. The first-order valence-corrected chi connectivity index (χ1v) is 5.42. The summed E-state index contributed by atoms with van der Waals surface area (Å²) in [5.41, 5.74) is 1.71. The predicted octanol–water partition coefficient (Wildman–Crippen LogP) is 1.29. The van der Waals surface area contributed by atoms with Crippen LogP contribution < -0.4 is 10.6 Å². The zero-order valence-corrected chi connectivity index (χ0v) is 8.56. The van der Waals surface area contributed by atoms with E-state index in [-0.39, 0.29) is 11.1 Å². The van der Waals surface area contributed by atoms with E-state index in [0.29, 0.717) is 6.54 Å². The molecule has 2 heterocycles. The van der Waals surface area contributed by atoms with Gasteiger partial charge in [-0.25, -0.2) is 0 Å². The van der Waals surface area contributed by atoms with E-state index >= 15 is 0 Å². The third-order valence-corrected chi connectivity index (χ3v) is 3.95. The Balaban J connectivity index is 2.17. The Bertz CT molecular complexity index is 474. The number of fused-ring (bicyclic) bond motifs is 2. The van der Waals surface area contributed by atoms with Crippen molar-refractivity contribution in [1.29, 1.82) is 0 Å². The lowest BCUT2D eigenvalue weighted by Crippen LogP contribution is -2.34. The summed E-state index contributed by atoms with van der Waals surface area (Å²) in [6.07, 6.45) is 0. The van der Waals surface area contributed by atoms with Gasteiger partial charge in [0.2, 0.25) is 5.91 Å². The number of thioether (sulfide) groups is 1. The van der Waals surface area contributed by atoms with Crippen LogP contribution in [0.25, 0.3) is 0 Å². The van der Waals surface area contributed by atoms with Gasteiger partial charge in [-0.05, 0) is 17.8 Å². The first-order chi connectivity index (χ1) is 7.22. The summed E-state index contributed by atoms with van der Waals surface area (Å²) < 4.78 is -0.742. The van der Waals surface area contributed by atoms with Crippen molar-refractivity contribution < 1.29 is 9.59 Å². The molecule has 1 aromatic carbocycles. The third kappa shape index (κ3) is 1.04. The minimum Gasteiger partial charge on any atom is -0.345 e. The highest BCUT2D eigenvalue weighted by Crippen LogP contribution is 2.48. The minimum atomic E-state index is -0.742. The summed E-state index contributed by atoms with van der Waals surface area (Å²) in [6, 6.07) is 7.49. The lowest BCUT2D eigenvalue weighted by molar-refractivity contribution is -0.117. The number of amides is 2. The van der Waals surface area contributed by atoms with Crippen molar-refractivity contribution in [3.8, 4) is 0 Å². The van der Waals surface area contributed by atoms with Gasteiger partial charge in [0.05, 0.1) is 0 Å². The lowest BCUT2D eigenvalue weighted by atomic mass is 10.00. The Morgan fingerprint density at radius 3 is 2.80 bits per heavy atom. The number of nitrogens with one attached hydrogen (secondary N) is 2. The summed E-state index contributed by atoms with van der Waals surface area (Å²) in [5, 5.41) is 5.35. The van der Waals surface area contributed by atoms with Gasteiger partial charge in [0.15, 0.2) is 0 Å². The van der Waals surface area contributed by atoms with E-state index in [9.17, 15) is 9.59 Å². The van der Waals surface area contributed by atoms with E-state index in [4.69, 9.17) is 0 Å². The molecule has 76 valence electrons. The summed E-state index contributed by atoms with van der Waals surface area (Å²) in [4.78, 5) is 23.1. The van der Waals surface area contributed by atoms with Crippen LogP contribution in [-0.4, -0.2) is 17.7 Å². The fourth-order valence-corrected chi connectivity index (χ4v) is 3.03. The summed E-state index contributed by atoms with van der Waals surface area (Å²) >= 11 is 1.06. The Kier molecular flexibility index (Phi) is 1.62. The van der Waals surface area contributed by atoms with Gasteiger partial charge in [0.25, 0.3) is 5.24 Å². The van der Waals surface area contributed by atoms with Crippen LogP contribution >= 0.6 is 11.8 Å². The molecule has 4 nitrogen and oxygen atoms in total. The second-order valence-electron chi connectivity index (χ2n) is 3.57. The molecule has 1 saturated heterocycles. The molecule has 1 spiro atoms. The first-order valence-electron chi connectivity index (χ1n) is 4.60. The molecule has 0 radical (unpaired) electrons. The fourth-order valence-electron chi connectivity index (χ4n) is 1.99. The lowest BCUT2D eigenvalue weighted by Gasteiger charge is -2.16. The number of hydrogen-bond donors (Lipinski definition) is 2. The molecule has 2 aliphatic heterocycles. The van der Waals surface area contributed by atoms with Gasteiger partial charge in [-0.2, -0.15) is 0 Å². The highest BCUT2D eigenvalue weighted by molar-refractivity contribution is 8.15. The second kappa shape index (κ2) is 2.76. The molecular formula is C10H8N2O2S. The Labute approximate surface area is 90.4 Å². The normalized spacial score (nSPS) is 27.7. The summed E-state index contributed by atoms with van der Waals surface area (Å²) in [7, 11) is 0. The van der Waals surface area contributed by atoms with Crippen molar-refractivity contribution in [2.24, 2.45) is 0 Å². The van der Waals surface area contributed by atoms with Crippen molar-refractivity contribution in [3.05, 3.63) is 29.8 Å². The molecule has 1 fully saturated rings. The molecule has 15 heavy (non-hydrogen) atoms. The molecule has 2 amide bonds. The van der Waals surface area contributed by atoms with Gasteiger partial charge >= 0.3 is 0 Å². The molecule has 1 unspecified atom stereocenters. The maximum atomic E-state index is 11.9. The highest BCUT2D eigenvalue weighted by atomic mass is 32.2. The largest absolute Gasteiger partial charge is 0.345 e. The summed E-state index contributed by atoms with van der Waals surface area (Å²) in [5.74, 6) is -0.105. The highest BCUT2D eigenvalue weighted by Gasteiger charge is 2.52. The zero-order chi connectivity index (χ0) is 10.5. The Morgan fingerprint density at radius 2 is 2.07 bits per heavy atom. The number of benzene rings is 1. The molecule has 1 atom stereocenters. The standard InChI is InChI=1S/C10H8N2O2S/c13-8-10(5-11-9(14)15-10)6-3-1-2-4-7(6)12-8/h1-4H,5H2,(H,11,14)(H,12,13). The fraction of sp³-hybridized carbons (Fsp3) is 0.200. The van der Waals surface area contributed by atoms with Crippen LogP contribution in [0.5, 0.6) is 0 Å². The van der Waals surface area contributed by atoms with Crippen LogP contribution in [0, 0.1) is 0 Å². The molecule has 0 aliphatic carbocycles. The first kappa shape index (κ1) is 8.79. The van der Waals surface area contributed by atoms with Gasteiger partial charge in [0.1, 0.15) is 4.75 Å². The van der Waals surface area contributed by atoms with Crippen molar-refractivity contribution in [2.75, 3.05) is 11.9 Å². The average Bonchev–Trinajstić information content (AvgIpc) is 2.73. The van der Waals surface area contributed by atoms with Gasteiger partial charge in [-0.3, -0.25) is 9.59 Å². The Morgan fingerprint density at radius 1 is 1.27 bits per heavy atom. The maximum Gasteiger partial charge on any atom is 0.280 e. The van der Waals surface area contributed by atoms with Gasteiger partial charge in [-0.1, -0.05) is 18.2 Å². The zero-order valence-electron chi connectivity index (χ0n) is 7.74. The van der Waals surface area contributed by atoms with E-state index in [2.05, 4.69) is 10.6 Å². The van der Waals surface area contributed by atoms with Crippen molar-refractivity contribution >= 4 is 28.6 Å². The molecule has 1 aromatic rings. The van der Waals surface area contributed by atoms with Crippen LogP contribution in [0.2, 0.25) is 0 Å². The van der Waals surface area contributed by atoms with Gasteiger partial charge in [0, 0.05) is 17.8 Å². The minimum absolute atomic E-state index is 0.105. The number of carbonyl (C=O) groups is 2. The molecular weight excluding hydrogens is 212 g/mol. The Hall–Kier alpha value is -1.49. The SMILES string of the molecule is O=C1NCC2(S1)C(=O)Nc1ccccc12. The van der Waals surface area contributed by atoms with Crippen molar-refractivity contribution in [3.63, 3.8) is 0 Å². The van der Waals surface area contributed by atoms with Crippen molar-refractivity contribution in [2.45, 2.75) is 4.75 Å². The van der Waals surface area contributed by atoms with E-state index in [1.165, 1.54) is 0 Å². The van der Waals surface area contributed by atoms with Crippen LogP contribution in [-0.2, 0) is 9.54 Å². The molecule has 2 N–H and O–H groups in total. The predicted molar refractivity (Wildman–Crippen MR) is 57.7 cm³/mol. The van der Waals surface area contributed by atoms with Crippen LogP contribution in [0.3, 0.4) is 0 Å². The average molecular weight is 220 g/mol. The molecule has 0 saturated carbocycles. The topological polar surface area (TPSA) is 58.2 Å². The van der Waals surface area contributed by atoms with Crippen LogP contribution in [0.1, 0.15) is 5.56 Å². The van der Waals surface area contributed by atoms with E-state index in [1.54, 1.807) is 0 Å². The number of carbonyl (C=O) groups excluding carboxylic acids is 2. The molecule has 3 rings (SSSR count). The number of rotatable bonds is 0. The molecule has 0 aromatic heterocycles. The number of anilines is 1. The van der Waals surface area contributed by atoms with E-state index in [0.717, 1.165) is 23.0 Å². The summed E-state index contributed by atoms with van der Waals surface area (Å²) in [6.45, 7) is 0.374. The van der Waals surface area contributed by atoms with Crippen LogP contribution in [0.15, 0.2) is 24.3 Å². The van der Waals surface area contributed by atoms with Gasteiger partial charge in [-0.15, -0.1) is 0 Å².